The average Bonchev–Trinajstić information content (AvgIpc) is 2.62. The largest absolute Gasteiger partial charge is 0.493 e. The molecule has 0 aromatic heterocycles. The number of nitrogens with zero attached hydrogens (tertiary/aromatic N) is 1. The lowest BCUT2D eigenvalue weighted by Gasteiger charge is -2.11. The minimum absolute atomic E-state index is 0.271. The molecular weight excluding hydrogens is 341 g/mol. The maximum Gasteiger partial charge on any atom is 0.186 e. The van der Waals surface area contributed by atoms with Crippen molar-refractivity contribution in [3.63, 3.8) is 0 Å². The molecule has 2 aromatic carbocycles. The molecule has 5 nitrogen and oxygen atoms in total. The molecule has 132 valence electrons. The van der Waals surface area contributed by atoms with E-state index in [4.69, 9.17) is 21.7 Å². The Morgan fingerprint density at radius 2 is 1.96 bits per heavy atom. The molecule has 0 aliphatic carbocycles. The smallest absolute Gasteiger partial charge is 0.186 e. The lowest BCUT2D eigenvalue weighted by molar-refractivity contribution is 0.284. The van der Waals surface area contributed by atoms with E-state index in [1.807, 2.05) is 19.1 Å². The van der Waals surface area contributed by atoms with Gasteiger partial charge in [-0.15, -0.1) is 0 Å². The van der Waals surface area contributed by atoms with E-state index in [2.05, 4.69) is 15.8 Å². The predicted octanol–water partition coefficient (Wildman–Crippen LogP) is 3.23. The summed E-state index contributed by atoms with van der Waals surface area (Å²) >= 11 is 5.02. The van der Waals surface area contributed by atoms with Gasteiger partial charge < -0.3 is 14.8 Å². The van der Waals surface area contributed by atoms with E-state index in [0.29, 0.717) is 23.2 Å². The standard InChI is InChI=1S/C18H20FN3O2S/c1-3-20-18(25)22-21-11-14-6-9-16(17(10-14)23-2)24-12-13-4-7-15(19)8-5-13/h4-11H,3,12H2,1-2H3,(H2,20,22,25). The van der Waals surface area contributed by atoms with Crippen LogP contribution in [0.3, 0.4) is 0 Å². The second-order valence-electron chi connectivity index (χ2n) is 5.05. The zero-order valence-corrected chi connectivity index (χ0v) is 14.9. The molecule has 0 saturated carbocycles. The van der Waals surface area contributed by atoms with E-state index in [1.165, 1.54) is 12.1 Å². The third kappa shape index (κ3) is 6.04. The van der Waals surface area contributed by atoms with Crippen LogP contribution in [0.2, 0.25) is 0 Å². The van der Waals surface area contributed by atoms with Gasteiger partial charge in [0.05, 0.1) is 13.3 Å². The molecule has 0 fully saturated rings. The third-order valence-corrected chi connectivity index (χ3v) is 3.45. The zero-order valence-electron chi connectivity index (χ0n) is 14.1. The summed E-state index contributed by atoms with van der Waals surface area (Å²) in [5, 5.41) is 7.46. The van der Waals surface area contributed by atoms with Crippen molar-refractivity contribution in [3.8, 4) is 11.5 Å². The van der Waals surface area contributed by atoms with E-state index in [-0.39, 0.29) is 5.82 Å². The predicted molar refractivity (Wildman–Crippen MR) is 101 cm³/mol. The molecule has 7 heteroatoms. The minimum atomic E-state index is -0.271. The third-order valence-electron chi connectivity index (χ3n) is 3.21. The number of methoxy groups -OCH3 is 1. The molecule has 0 unspecified atom stereocenters. The Morgan fingerprint density at radius 1 is 1.20 bits per heavy atom. The monoisotopic (exact) mass is 361 g/mol. The Kier molecular flexibility index (Phi) is 7.16. The number of hydrazone groups is 1. The quantitative estimate of drug-likeness (QED) is 0.450. The van der Waals surface area contributed by atoms with Gasteiger partial charge in [-0.25, -0.2) is 4.39 Å². The van der Waals surface area contributed by atoms with E-state index >= 15 is 0 Å². The number of ether oxygens (including phenoxy) is 2. The Hall–Kier alpha value is -2.67. The van der Waals surface area contributed by atoms with Crippen molar-refractivity contribution in [1.82, 2.24) is 10.7 Å². The van der Waals surface area contributed by atoms with Crippen LogP contribution in [0.5, 0.6) is 11.5 Å². The molecule has 0 aliphatic rings. The second kappa shape index (κ2) is 9.58. The molecule has 0 amide bonds. The highest BCUT2D eigenvalue weighted by Gasteiger charge is 2.06. The van der Waals surface area contributed by atoms with Crippen LogP contribution in [-0.2, 0) is 6.61 Å². The fraction of sp³-hybridized carbons (Fsp3) is 0.222. The molecular formula is C18H20FN3O2S. The van der Waals surface area contributed by atoms with Crippen LogP contribution in [0.4, 0.5) is 4.39 Å². The van der Waals surface area contributed by atoms with E-state index < -0.39 is 0 Å². The molecule has 0 heterocycles. The normalized spacial score (nSPS) is 10.5. The number of hydrogen-bond acceptors (Lipinski definition) is 4. The van der Waals surface area contributed by atoms with Crippen LogP contribution in [0.25, 0.3) is 0 Å². The van der Waals surface area contributed by atoms with Crippen LogP contribution in [0.15, 0.2) is 47.6 Å². The van der Waals surface area contributed by atoms with E-state index in [0.717, 1.165) is 17.7 Å². The van der Waals surface area contributed by atoms with Gasteiger partial charge in [-0.2, -0.15) is 5.10 Å². The van der Waals surface area contributed by atoms with E-state index in [9.17, 15) is 4.39 Å². The molecule has 0 atom stereocenters. The van der Waals surface area contributed by atoms with Crippen molar-refractivity contribution in [1.29, 1.82) is 0 Å². The summed E-state index contributed by atoms with van der Waals surface area (Å²) in [7, 11) is 1.57. The van der Waals surface area contributed by atoms with Gasteiger partial charge in [0.25, 0.3) is 0 Å². The Morgan fingerprint density at radius 3 is 2.64 bits per heavy atom. The van der Waals surface area contributed by atoms with Crippen molar-refractivity contribution >= 4 is 23.5 Å². The summed E-state index contributed by atoms with van der Waals surface area (Å²) in [6.07, 6.45) is 1.63. The second-order valence-corrected chi connectivity index (χ2v) is 5.46. The summed E-state index contributed by atoms with van der Waals surface area (Å²) in [6, 6.07) is 11.6. The SMILES string of the molecule is CCNC(=S)NN=Cc1ccc(OCc2ccc(F)cc2)c(OC)c1. The van der Waals surface area contributed by atoms with Crippen LogP contribution >= 0.6 is 12.2 Å². The first kappa shape index (κ1) is 18.7. The Labute approximate surface area is 151 Å². The first-order valence-electron chi connectivity index (χ1n) is 7.74. The van der Waals surface area contributed by atoms with Crippen LogP contribution < -0.4 is 20.2 Å². The number of rotatable bonds is 7. The van der Waals surface area contributed by atoms with Gasteiger partial charge in [-0.1, -0.05) is 12.1 Å². The molecule has 25 heavy (non-hydrogen) atoms. The van der Waals surface area contributed by atoms with Gasteiger partial charge in [-0.05, 0) is 60.6 Å². The molecule has 2 aromatic rings. The van der Waals surface area contributed by atoms with Gasteiger partial charge in [0.1, 0.15) is 12.4 Å². The molecule has 2 rings (SSSR count). The molecule has 2 N–H and O–H groups in total. The maximum absolute atomic E-state index is 12.9. The van der Waals surface area contributed by atoms with Crippen molar-refractivity contribution < 1.29 is 13.9 Å². The molecule has 0 radical (unpaired) electrons. The lowest BCUT2D eigenvalue weighted by Crippen LogP contribution is -2.31. The number of nitrogens with one attached hydrogen (secondary N) is 2. The minimum Gasteiger partial charge on any atom is -0.493 e. The number of thiocarbonyl (C=S) groups is 1. The molecule has 0 aliphatic heterocycles. The Balaban J connectivity index is 1.99. The summed E-state index contributed by atoms with van der Waals surface area (Å²) in [5.74, 6) is 0.910. The van der Waals surface area contributed by atoms with Crippen LogP contribution in [0, 0.1) is 5.82 Å². The number of benzene rings is 2. The highest BCUT2D eigenvalue weighted by atomic mass is 32.1. The van der Waals surface area contributed by atoms with Crippen molar-refractivity contribution in [3.05, 3.63) is 59.4 Å². The lowest BCUT2D eigenvalue weighted by atomic mass is 10.2. The summed E-state index contributed by atoms with van der Waals surface area (Å²) < 4.78 is 24.0. The zero-order chi connectivity index (χ0) is 18.1. The summed E-state index contributed by atoms with van der Waals surface area (Å²) in [6.45, 7) is 3.01. The highest BCUT2D eigenvalue weighted by molar-refractivity contribution is 7.80. The number of halogens is 1. The molecule has 0 bridgehead atoms. The highest BCUT2D eigenvalue weighted by Crippen LogP contribution is 2.28. The van der Waals surface area contributed by atoms with E-state index in [1.54, 1.807) is 31.5 Å². The fourth-order valence-electron chi connectivity index (χ4n) is 1.99. The fourth-order valence-corrected chi connectivity index (χ4v) is 2.19. The van der Waals surface area contributed by atoms with Crippen LogP contribution in [0.1, 0.15) is 18.1 Å². The van der Waals surface area contributed by atoms with Crippen molar-refractivity contribution in [2.24, 2.45) is 5.10 Å². The topological polar surface area (TPSA) is 54.9 Å². The molecule has 0 saturated heterocycles. The molecule has 0 spiro atoms. The first-order valence-corrected chi connectivity index (χ1v) is 8.15. The first-order chi connectivity index (χ1) is 12.1. The summed E-state index contributed by atoms with van der Waals surface area (Å²) in [5.41, 5.74) is 4.42. The summed E-state index contributed by atoms with van der Waals surface area (Å²) in [4.78, 5) is 0. The van der Waals surface area contributed by atoms with Gasteiger partial charge in [0, 0.05) is 6.54 Å². The van der Waals surface area contributed by atoms with Gasteiger partial charge in [0.2, 0.25) is 0 Å². The Bertz CT molecular complexity index is 736. The van der Waals surface area contributed by atoms with Crippen LogP contribution in [-0.4, -0.2) is 25.0 Å². The maximum atomic E-state index is 12.9. The van der Waals surface area contributed by atoms with Crippen molar-refractivity contribution in [2.45, 2.75) is 13.5 Å². The van der Waals surface area contributed by atoms with Gasteiger partial charge in [-0.3, -0.25) is 5.43 Å². The van der Waals surface area contributed by atoms with Gasteiger partial charge >= 0.3 is 0 Å². The average molecular weight is 361 g/mol. The number of hydrogen-bond donors (Lipinski definition) is 2. The van der Waals surface area contributed by atoms with Crippen molar-refractivity contribution in [2.75, 3.05) is 13.7 Å². The van der Waals surface area contributed by atoms with Gasteiger partial charge in [0.15, 0.2) is 16.6 Å².